The summed E-state index contributed by atoms with van der Waals surface area (Å²) in [5, 5.41) is 3.97. The van der Waals surface area contributed by atoms with Crippen LogP contribution in [0.2, 0.25) is 0 Å². The Kier molecular flexibility index (Phi) is 3.41. The molecule has 1 heterocycles. The second kappa shape index (κ2) is 4.99. The number of ether oxygens (including phenoxy) is 1. The molecule has 4 nitrogen and oxygen atoms in total. The van der Waals surface area contributed by atoms with Crippen molar-refractivity contribution in [3.05, 3.63) is 42.0 Å². The van der Waals surface area contributed by atoms with E-state index in [0.717, 1.165) is 17.1 Å². The summed E-state index contributed by atoms with van der Waals surface area (Å²) in [5.41, 5.74) is 1.04. The van der Waals surface area contributed by atoms with Gasteiger partial charge in [-0.3, -0.25) is 4.68 Å². The van der Waals surface area contributed by atoms with Gasteiger partial charge in [0.1, 0.15) is 18.7 Å². The number of aryl methyl sites for hydroxylation is 1. The molecule has 1 aromatic heterocycles. The summed E-state index contributed by atoms with van der Waals surface area (Å²) in [6.45, 7) is 0.405. The summed E-state index contributed by atoms with van der Waals surface area (Å²) in [5.74, 6) is 2.07. The highest BCUT2D eigenvalue weighted by Crippen LogP contribution is 2.15. The minimum absolute atomic E-state index is 0.405. The average molecular weight is 238 g/mol. The second-order valence-electron chi connectivity index (χ2n) is 3.37. The fraction of sp³-hybridized carbons (Fsp3) is 0.273. The molecule has 0 aliphatic heterocycles. The molecule has 0 unspecified atom stereocenters. The molecule has 0 radical (unpaired) electrons. The maximum absolute atomic E-state index is 5.74. The van der Waals surface area contributed by atoms with Crippen LogP contribution in [0.3, 0.4) is 0 Å². The van der Waals surface area contributed by atoms with E-state index < -0.39 is 0 Å². The third-order valence-electron chi connectivity index (χ3n) is 2.23. The van der Waals surface area contributed by atoms with Crippen molar-refractivity contribution in [2.45, 2.75) is 12.5 Å². The Bertz CT molecular complexity index is 470. The van der Waals surface area contributed by atoms with Crippen molar-refractivity contribution in [2.24, 2.45) is 7.05 Å². The predicted octanol–water partition coefficient (Wildman–Crippen LogP) is 2.13. The highest BCUT2D eigenvalue weighted by atomic mass is 35.5. The molecule has 0 N–H and O–H groups in total. The van der Waals surface area contributed by atoms with E-state index in [9.17, 15) is 0 Å². The number of benzene rings is 1. The Labute approximate surface area is 98.8 Å². The van der Waals surface area contributed by atoms with Crippen LogP contribution in [0, 0.1) is 0 Å². The highest BCUT2D eigenvalue weighted by molar-refractivity contribution is 6.17. The first-order valence-electron chi connectivity index (χ1n) is 4.90. The fourth-order valence-corrected chi connectivity index (χ4v) is 1.48. The second-order valence-corrected chi connectivity index (χ2v) is 3.64. The molecule has 84 valence electrons. The summed E-state index contributed by atoms with van der Waals surface area (Å²) in [6, 6.07) is 7.70. The summed E-state index contributed by atoms with van der Waals surface area (Å²) >= 11 is 5.74. The van der Waals surface area contributed by atoms with E-state index in [1.165, 1.54) is 6.33 Å². The van der Waals surface area contributed by atoms with Gasteiger partial charge in [-0.1, -0.05) is 12.1 Å². The molecule has 2 aromatic rings. The fourth-order valence-electron chi connectivity index (χ4n) is 1.32. The molecule has 16 heavy (non-hydrogen) atoms. The molecule has 0 bridgehead atoms. The maximum atomic E-state index is 5.74. The van der Waals surface area contributed by atoms with Crippen molar-refractivity contribution in [1.29, 1.82) is 0 Å². The van der Waals surface area contributed by atoms with E-state index in [-0.39, 0.29) is 0 Å². The molecule has 0 spiro atoms. The first kappa shape index (κ1) is 11.0. The minimum atomic E-state index is 0.405. The van der Waals surface area contributed by atoms with Gasteiger partial charge in [-0.25, -0.2) is 4.98 Å². The molecular weight excluding hydrogens is 226 g/mol. The molecule has 0 saturated heterocycles. The van der Waals surface area contributed by atoms with E-state index in [2.05, 4.69) is 10.1 Å². The van der Waals surface area contributed by atoms with Gasteiger partial charge in [-0.15, -0.1) is 11.6 Å². The van der Waals surface area contributed by atoms with E-state index in [1.807, 2.05) is 31.3 Å². The Balaban J connectivity index is 2.02. The van der Waals surface area contributed by atoms with Crippen molar-refractivity contribution < 1.29 is 4.74 Å². The van der Waals surface area contributed by atoms with Gasteiger partial charge in [0.15, 0.2) is 5.82 Å². The number of hydrogen-bond donors (Lipinski definition) is 0. The SMILES string of the molecule is Cn1ncnc1COc1cccc(CCl)c1. The van der Waals surface area contributed by atoms with Crippen molar-refractivity contribution in [1.82, 2.24) is 14.8 Å². The zero-order chi connectivity index (χ0) is 11.4. The number of rotatable bonds is 4. The van der Waals surface area contributed by atoms with E-state index in [4.69, 9.17) is 16.3 Å². The number of halogens is 1. The predicted molar refractivity (Wildman–Crippen MR) is 61.3 cm³/mol. The van der Waals surface area contributed by atoms with E-state index in [1.54, 1.807) is 4.68 Å². The summed E-state index contributed by atoms with van der Waals surface area (Å²) in [7, 11) is 1.83. The minimum Gasteiger partial charge on any atom is -0.486 e. The first-order valence-corrected chi connectivity index (χ1v) is 5.43. The first-order chi connectivity index (χ1) is 7.79. The van der Waals surface area contributed by atoms with Crippen LogP contribution >= 0.6 is 11.6 Å². The number of nitrogens with zero attached hydrogens (tertiary/aromatic N) is 3. The van der Waals surface area contributed by atoms with Crippen molar-refractivity contribution >= 4 is 11.6 Å². The molecule has 5 heteroatoms. The maximum Gasteiger partial charge on any atom is 0.164 e. The highest BCUT2D eigenvalue weighted by Gasteiger charge is 2.01. The van der Waals surface area contributed by atoms with Crippen LogP contribution in [-0.4, -0.2) is 14.8 Å². The summed E-state index contributed by atoms with van der Waals surface area (Å²) in [4.78, 5) is 4.07. The van der Waals surface area contributed by atoms with Gasteiger partial charge in [0.25, 0.3) is 0 Å². The molecule has 0 aliphatic carbocycles. The van der Waals surface area contributed by atoms with Gasteiger partial charge < -0.3 is 4.74 Å². The molecule has 0 fully saturated rings. The molecule has 0 amide bonds. The van der Waals surface area contributed by atoms with Crippen LogP contribution in [0.25, 0.3) is 0 Å². The van der Waals surface area contributed by atoms with Gasteiger partial charge in [-0.05, 0) is 17.7 Å². The van der Waals surface area contributed by atoms with Crippen molar-refractivity contribution in [3.8, 4) is 5.75 Å². The summed E-state index contributed by atoms with van der Waals surface area (Å²) < 4.78 is 7.28. The Morgan fingerprint density at radius 2 is 2.31 bits per heavy atom. The normalized spacial score (nSPS) is 10.4. The Morgan fingerprint density at radius 3 is 3.00 bits per heavy atom. The van der Waals surface area contributed by atoms with Crippen LogP contribution in [0.4, 0.5) is 0 Å². The van der Waals surface area contributed by atoms with Gasteiger partial charge in [-0.2, -0.15) is 5.10 Å². The Hall–Kier alpha value is -1.55. The lowest BCUT2D eigenvalue weighted by molar-refractivity contribution is 0.289. The van der Waals surface area contributed by atoms with Crippen LogP contribution in [-0.2, 0) is 19.5 Å². The van der Waals surface area contributed by atoms with E-state index in [0.29, 0.717) is 12.5 Å². The molecule has 0 aliphatic rings. The van der Waals surface area contributed by atoms with Gasteiger partial charge in [0.2, 0.25) is 0 Å². The average Bonchev–Trinajstić information content (AvgIpc) is 2.72. The third kappa shape index (κ3) is 2.52. The summed E-state index contributed by atoms with van der Waals surface area (Å²) in [6.07, 6.45) is 1.51. The van der Waals surface area contributed by atoms with Gasteiger partial charge >= 0.3 is 0 Å². The largest absolute Gasteiger partial charge is 0.486 e. The van der Waals surface area contributed by atoms with Crippen LogP contribution in [0.1, 0.15) is 11.4 Å². The smallest absolute Gasteiger partial charge is 0.164 e. The zero-order valence-corrected chi connectivity index (χ0v) is 9.68. The molecule has 2 rings (SSSR count). The van der Waals surface area contributed by atoms with Gasteiger partial charge in [0.05, 0.1) is 0 Å². The lowest BCUT2D eigenvalue weighted by atomic mass is 10.2. The molecule has 1 aromatic carbocycles. The lowest BCUT2D eigenvalue weighted by Crippen LogP contribution is -2.04. The number of alkyl halides is 1. The lowest BCUT2D eigenvalue weighted by Gasteiger charge is -2.06. The molecule has 0 atom stereocenters. The molecular formula is C11H12ClN3O. The molecule has 0 saturated carbocycles. The third-order valence-corrected chi connectivity index (χ3v) is 2.53. The topological polar surface area (TPSA) is 39.9 Å². The van der Waals surface area contributed by atoms with Gasteiger partial charge in [0, 0.05) is 12.9 Å². The number of aromatic nitrogens is 3. The van der Waals surface area contributed by atoms with Crippen LogP contribution in [0.15, 0.2) is 30.6 Å². The van der Waals surface area contributed by atoms with Crippen LogP contribution < -0.4 is 4.74 Å². The number of hydrogen-bond acceptors (Lipinski definition) is 3. The van der Waals surface area contributed by atoms with Crippen molar-refractivity contribution in [3.63, 3.8) is 0 Å². The van der Waals surface area contributed by atoms with Crippen molar-refractivity contribution in [2.75, 3.05) is 0 Å². The van der Waals surface area contributed by atoms with E-state index >= 15 is 0 Å². The zero-order valence-electron chi connectivity index (χ0n) is 8.93. The quantitative estimate of drug-likeness (QED) is 0.765. The van der Waals surface area contributed by atoms with Crippen LogP contribution in [0.5, 0.6) is 5.75 Å². The standard InChI is InChI=1S/C11H12ClN3O/c1-15-11(13-8-14-15)7-16-10-4-2-3-9(5-10)6-12/h2-5,8H,6-7H2,1H3. The monoisotopic (exact) mass is 237 g/mol. The Morgan fingerprint density at radius 1 is 1.44 bits per heavy atom.